The molecule has 0 saturated heterocycles. The minimum atomic E-state index is -5.09. The molecule has 2 rings (SSSR count). The zero-order chi connectivity index (χ0) is 21.8. The monoisotopic (exact) mass is 435 g/mol. The fraction of sp³-hybridized carbons (Fsp3) is 0.350. The van der Waals surface area contributed by atoms with E-state index in [-0.39, 0.29) is 13.5 Å². The van der Waals surface area contributed by atoms with Crippen molar-refractivity contribution in [2.45, 2.75) is 32.6 Å². The SMILES string of the molecule is CC(C)CCOc1ccc(P=C([O-])c2c(C(F)(F)F)cccc2C(F)(F)F)cc1. The van der Waals surface area contributed by atoms with Gasteiger partial charge >= 0.3 is 12.4 Å². The van der Waals surface area contributed by atoms with Gasteiger partial charge in [-0.1, -0.05) is 28.1 Å². The molecule has 2 nitrogen and oxygen atoms in total. The third-order valence-electron chi connectivity index (χ3n) is 3.92. The van der Waals surface area contributed by atoms with Crippen molar-refractivity contribution in [2.75, 3.05) is 6.61 Å². The van der Waals surface area contributed by atoms with Gasteiger partial charge in [-0.3, -0.25) is 0 Å². The Balaban J connectivity index is 2.38. The number of alkyl halides is 6. The lowest BCUT2D eigenvalue weighted by Gasteiger charge is -2.23. The molecule has 0 aliphatic carbocycles. The van der Waals surface area contributed by atoms with Crippen LogP contribution in [0.1, 0.15) is 37.0 Å². The summed E-state index contributed by atoms with van der Waals surface area (Å²) in [5.74, 6) is 0.950. The molecular formula is C20H18F6O2P-. The minimum Gasteiger partial charge on any atom is -0.823 e. The third-order valence-corrected chi connectivity index (χ3v) is 4.90. The quantitative estimate of drug-likeness (QED) is 0.458. The van der Waals surface area contributed by atoms with Crippen LogP contribution in [0.25, 0.3) is 0 Å². The Morgan fingerprint density at radius 3 is 1.90 bits per heavy atom. The van der Waals surface area contributed by atoms with E-state index >= 15 is 0 Å². The Hall–Kier alpha value is -2.05. The molecular weight excluding hydrogens is 417 g/mol. The molecule has 0 N–H and O–H groups in total. The lowest BCUT2D eigenvalue weighted by molar-refractivity contribution is -0.209. The molecule has 0 radical (unpaired) electrons. The molecule has 0 heterocycles. The van der Waals surface area contributed by atoms with Gasteiger partial charge in [0, 0.05) is 5.30 Å². The van der Waals surface area contributed by atoms with Crippen molar-refractivity contribution in [1.82, 2.24) is 0 Å². The highest BCUT2D eigenvalue weighted by Gasteiger charge is 2.40. The van der Waals surface area contributed by atoms with Gasteiger partial charge < -0.3 is 9.84 Å². The van der Waals surface area contributed by atoms with Crippen LogP contribution in [0.2, 0.25) is 0 Å². The summed E-state index contributed by atoms with van der Waals surface area (Å²) in [6.45, 7) is 4.54. The fourth-order valence-electron chi connectivity index (χ4n) is 2.46. The van der Waals surface area contributed by atoms with E-state index in [1.807, 2.05) is 13.8 Å². The van der Waals surface area contributed by atoms with E-state index < -0.39 is 34.5 Å². The average Bonchev–Trinajstić information content (AvgIpc) is 2.60. The Kier molecular flexibility index (Phi) is 7.35. The highest BCUT2D eigenvalue weighted by Crippen LogP contribution is 2.39. The van der Waals surface area contributed by atoms with Crippen molar-refractivity contribution in [3.05, 3.63) is 59.2 Å². The number of rotatable bonds is 6. The molecule has 0 spiro atoms. The van der Waals surface area contributed by atoms with Gasteiger partial charge in [0.25, 0.3) is 0 Å². The topological polar surface area (TPSA) is 32.3 Å². The number of hydrogen-bond donors (Lipinski definition) is 0. The van der Waals surface area contributed by atoms with Crippen molar-refractivity contribution < 1.29 is 36.2 Å². The van der Waals surface area contributed by atoms with Crippen LogP contribution in [0.3, 0.4) is 0 Å². The van der Waals surface area contributed by atoms with E-state index in [1.165, 1.54) is 24.3 Å². The second-order valence-corrected chi connectivity index (χ2v) is 7.81. The largest absolute Gasteiger partial charge is 0.823 e. The van der Waals surface area contributed by atoms with Crippen LogP contribution in [0.15, 0.2) is 42.5 Å². The first-order chi connectivity index (χ1) is 13.4. The van der Waals surface area contributed by atoms with Crippen LogP contribution in [0.5, 0.6) is 5.75 Å². The smallest absolute Gasteiger partial charge is 0.416 e. The third kappa shape index (κ3) is 6.47. The molecule has 9 heteroatoms. The molecule has 0 fully saturated rings. The standard InChI is InChI=1S/C20H19F6O2P/c1-12(2)10-11-28-13-6-8-14(9-7-13)29-18(27)17-15(19(21,22)23)4-3-5-16(17)20(24,25)26/h3-9,12,27H,10-11H2,1-2H3/p-1. The van der Waals surface area contributed by atoms with Gasteiger partial charge in [0.15, 0.2) is 0 Å². The number of halogens is 6. The molecule has 2 aromatic carbocycles. The number of benzene rings is 2. The zero-order valence-corrected chi connectivity index (χ0v) is 16.5. The maximum Gasteiger partial charge on any atom is 0.416 e. The molecule has 158 valence electrons. The Bertz CT molecular complexity index is 823. The van der Waals surface area contributed by atoms with Gasteiger partial charge in [0.05, 0.1) is 17.7 Å². The van der Waals surface area contributed by atoms with Crippen molar-refractivity contribution in [2.24, 2.45) is 5.92 Å². The summed E-state index contributed by atoms with van der Waals surface area (Å²) in [6.07, 6.45) is -9.35. The zero-order valence-electron chi connectivity index (χ0n) is 15.6. The highest BCUT2D eigenvalue weighted by molar-refractivity contribution is 7.49. The molecule has 0 bridgehead atoms. The predicted octanol–water partition coefficient (Wildman–Crippen LogP) is 5.26. The lowest BCUT2D eigenvalue weighted by Crippen LogP contribution is -2.27. The van der Waals surface area contributed by atoms with Gasteiger partial charge in [-0.15, -0.1) is 5.48 Å². The number of hydrogen-bond acceptors (Lipinski definition) is 2. The second-order valence-electron chi connectivity index (χ2n) is 6.67. The molecule has 0 saturated carbocycles. The van der Waals surface area contributed by atoms with Gasteiger partial charge in [-0.2, -0.15) is 26.3 Å². The predicted molar refractivity (Wildman–Crippen MR) is 98.5 cm³/mol. The maximum absolute atomic E-state index is 13.2. The minimum absolute atomic E-state index is 0.260. The lowest BCUT2D eigenvalue weighted by atomic mass is 10.0. The van der Waals surface area contributed by atoms with Crippen molar-refractivity contribution in [3.63, 3.8) is 0 Å². The van der Waals surface area contributed by atoms with E-state index in [0.29, 0.717) is 36.5 Å². The van der Waals surface area contributed by atoms with Crippen LogP contribution in [0, 0.1) is 5.92 Å². The summed E-state index contributed by atoms with van der Waals surface area (Å²) in [7, 11) is -0.296. The summed E-state index contributed by atoms with van der Waals surface area (Å²) in [5.41, 5.74) is -5.85. The number of ether oxygens (including phenoxy) is 1. The van der Waals surface area contributed by atoms with Crippen LogP contribution < -0.4 is 15.1 Å². The summed E-state index contributed by atoms with van der Waals surface area (Å²) >= 11 is 0. The van der Waals surface area contributed by atoms with Crippen molar-refractivity contribution in [1.29, 1.82) is 0 Å². The van der Waals surface area contributed by atoms with Crippen LogP contribution >= 0.6 is 8.20 Å². The highest BCUT2D eigenvalue weighted by atomic mass is 31.1. The Labute approximate surface area is 165 Å². The second kappa shape index (κ2) is 9.18. The molecule has 0 unspecified atom stereocenters. The van der Waals surface area contributed by atoms with Gasteiger partial charge in [-0.25, -0.2) is 0 Å². The molecule has 0 amide bonds. The van der Waals surface area contributed by atoms with Crippen molar-refractivity contribution >= 4 is 19.0 Å². The summed E-state index contributed by atoms with van der Waals surface area (Å²) in [5, 5.41) is 12.7. The van der Waals surface area contributed by atoms with Gasteiger partial charge in [0.1, 0.15) is 5.75 Å². The molecule has 0 atom stereocenters. The van der Waals surface area contributed by atoms with Gasteiger partial charge in [-0.05, 0) is 54.3 Å². The van der Waals surface area contributed by atoms with E-state index in [1.54, 1.807) is 0 Å². The molecule has 2 aromatic rings. The molecule has 0 aromatic heterocycles. The average molecular weight is 435 g/mol. The first kappa shape index (κ1) is 23.2. The molecule has 0 aliphatic heterocycles. The van der Waals surface area contributed by atoms with E-state index in [4.69, 9.17) is 4.74 Å². The first-order valence-corrected chi connectivity index (χ1v) is 9.55. The molecule has 0 aliphatic rings. The van der Waals surface area contributed by atoms with Crippen molar-refractivity contribution in [3.8, 4) is 5.75 Å². The maximum atomic E-state index is 13.2. The van der Waals surface area contributed by atoms with Gasteiger partial charge in [0.2, 0.25) is 0 Å². The Morgan fingerprint density at radius 2 is 1.45 bits per heavy atom. The summed E-state index contributed by atoms with van der Waals surface area (Å²) in [6, 6.07) is 7.52. The fourth-order valence-corrected chi connectivity index (χ4v) is 3.34. The Morgan fingerprint density at radius 1 is 0.931 bits per heavy atom. The van der Waals surface area contributed by atoms with Crippen LogP contribution in [-0.4, -0.2) is 12.1 Å². The van der Waals surface area contributed by atoms with E-state index in [0.717, 1.165) is 6.42 Å². The van der Waals surface area contributed by atoms with E-state index in [2.05, 4.69) is 0 Å². The van der Waals surface area contributed by atoms with Crippen LogP contribution in [-0.2, 0) is 12.4 Å². The van der Waals surface area contributed by atoms with E-state index in [9.17, 15) is 31.4 Å². The normalized spacial score (nSPS) is 13.1. The first-order valence-electron chi connectivity index (χ1n) is 8.66. The summed E-state index contributed by atoms with van der Waals surface area (Å²) < 4.78 is 84.7. The van der Waals surface area contributed by atoms with Crippen LogP contribution in [0.4, 0.5) is 26.3 Å². The molecule has 29 heavy (non-hydrogen) atoms. The summed E-state index contributed by atoms with van der Waals surface area (Å²) in [4.78, 5) is 0.